The minimum absolute atomic E-state index is 0.0341. The summed E-state index contributed by atoms with van der Waals surface area (Å²) in [6.07, 6.45) is 1.26. The molecule has 92 valence electrons. The number of aryl methyl sites for hydroxylation is 1. The summed E-state index contributed by atoms with van der Waals surface area (Å²) in [5.74, 6) is -1.62. The standard InChI is InChI=1S/C11H10N4O3/c1-6-3-2-4-7(11(17)18)9(6)13-10(16)8-5-12-15-14-8/h2-5H,1H3,(H,13,16)(H,17,18)(H,12,14,15). The number of para-hydroxylation sites is 1. The van der Waals surface area contributed by atoms with Gasteiger partial charge in [-0.25, -0.2) is 4.79 Å². The van der Waals surface area contributed by atoms with E-state index in [1.54, 1.807) is 19.1 Å². The predicted octanol–water partition coefficient (Wildman–Crippen LogP) is 1.06. The summed E-state index contributed by atoms with van der Waals surface area (Å²) in [6.45, 7) is 1.71. The fourth-order valence-corrected chi connectivity index (χ4v) is 1.50. The number of nitrogens with one attached hydrogen (secondary N) is 2. The van der Waals surface area contributed by atoms with Crippen LogP contribution in [0.5, 0.6) is 0 Å². The second-order valence-electron chi connectivity index (χ2n) is 3.61. The summed E-state index contributed by atoms with van der Waals surface area (Å²) in [4.78, 5) is 22.8. The van der Waals surface area contributed by atoms with Crippen LogP contribution >= 0.6 is 0 Å². The van der Waals surface area contributed by atoms with Crippen molar-refractivity contribution in [3.63, 3.8) is 0 Å². The molecule has 3 N–H and O–H groups in total. The van der Waals surface area contributed by atoms with Crippen molar-refractivity contribution >= 4 is 17.6 Å². The molecule has 0 radical (unpaired) electrons. The van der Waals surface area contributed by atoms with Crippen LogP contribution in [-0.4, -0.2) is 32.4 Å². The van der Waals surface area contributed by atoms with Gasteiger partial charge in [0.25, 0.3) is 5.91 Å². The number of aromatic nitrogens is 3. The molecule has 7 heteroatoms. The fourth-order valence-electron chi connectivity index (χ4n) is 1.50. The van der Waals surface area contributed by atoms with Crippen molar-refractivity contribution < 1.29 is 14.7 Å². The van der Waals surface area contributed by atoms with E-state index in [0.717, 1.165) is 0 Å². The van der Waals surface area contributed by atoms with Gasteiger partial charge < -0.3 is 10.4 Å². The van der Waals surface area contributed by atoms with Gasteiger partial charge in [-0.3, -0.25) is 4.79 Å². The smallest absolute Gasteiger partial charge is 0.337 e. The Hall–Kier alpha value is -2.70. The second kappa shape index (κ2) is 4.66. The molecule has 0 aliphatic rings. The lowest BCUT2D eigenvalue weighted by atomic mass is 10.1. The van der Waals surface area contributed by atoms with E-state index in [9.17, 15) is 9.59 Å². The zero-order valence-electron chi connectivity index (χ0n) is 9.47. The van der Waals surface area contributed by atoms with E-state index in [-0.39, 0.29) is 16.9 Å². The minimum Gasteiger partial charge on any atom is -0.478 e. The van der Waals surface area contributed by atoms with Gasteiger partial charge in [0.1, 0.15) is 0 Å². The van der Waals surface area contributed by atoms with Crippen molar-refractivity contribution in [2.45, 2.75) is 6.92 Å². The van der Waals surface area contributed by atoms with Gasteiger partial charge in [-0.05, 0) is 18.6 Å². The highest BCUT2D eigenvalue weighted by atomic mass is 16.4. The number of hydrogen-bond acceptors (Lipinski definition) is 4. The van der Waals surface area contributed by atoms with Gasteiger partial charge >= 0.3 is 5.97 Å². The summed E-state index contributed by atoms with van der Waals surface area (Å²) in [5.41, 5.74) is 1.05. The maximum Gasteiger partial charge on any atom is 0.337 e. The van der Waals surface area contributed by atoms with Gasteiger partial charge in [-0.15, -0.1) is 0 Å². The molecular weight excluding hydrogens is 236 g/mol. The summed E-state index contributed by atoms with van der Waals surface area (Å²) >= 11 is 0. The van der Waals surface area contributed by atoms with Crippen molar-refractivity contribution in [2.75, 3.05) is 5.32 Å². The van der Waals surface area contributed by atoms with Crippen LogP contribution in [0.1, 0.15) is 26.4 Å². The summed E-state index contributed by atoms with van der Waals surface area (Å²) < 4.78 is 0. The number of rotatable bonds is 3. The third-order valence-corrected chi connectivity index (χ3v) is 2.39. The van der Waals surface area contributed by atoms with E-state index in [2.05, 4.69) is 20.7 Å². The monoisotopic (exact) mass is 246 g/mol. The quantitative estimate of drug-likeness (QED) is 0.750. The minimum atomic E-state index is -1.10. The summed E-state index contributed by atoms with van der Waals surface area (Å²) in [6, 6.07) is 4.75. The molecule has 1 aromatic heterocycles. The van der Waals surface area contributed by atoms with Crippen LogP contribution in [0.15, 0.2) is 24.4 Å². The predicted molar refractivity (Wildman–Crippen MR) is 62.5 cm³/mol. The van der Waals surface area contributed by atoms with Crippen LogP contribution in [0.4, 0.5) is 5.69 Å². The van der Waals surface area contributed by atoms with Gasteiger partial charge in [0.2, 0.25) is 0 Å². The summed E-state index contributed by atoms with van der Waals surface area (Å²) in [7, 11) is 0. The molecule has 0 spiro atoms. The normalized spacial score (nSPS) is 10.1. The Morgan fingerprint density at radius 3 is 2.78 bits per heavy atom. The molecule has 0 bridgehead atoms. The topological polar surface area (TPSA) is 108 Å². The Bertz CT molecular complexity index is 592. The number of H-pyrrole nitrogens is 1. The van der Waals surface area contributed by atoms with Crippen molar-refractivity contribution in [3.8, 4) is 0 Å². The zero-order valence-corrected chi connectivity index (χ0v) is 9.47. The van der Waals surface area contributed by atoms with Gasteiger partial charge in [0.05, 0.1) is 17.4 Å². The Balaban J connectivity index is 2.34. The van der Waals surface area contributed by atoms with E-state index < -0.39 is 11.9 Å². The number of benzene rings is 1. The first-order valence-corrected chi connectivity index (χ1v) is 5.09. The van der Waals surface area contributed by atoms with Gasteiger partial charge in [-0.2, -0.15) is 15.4 Å². The molecule has 1 heterocycles. The highest BCUT2D eigenvalue weighted by molar-refractivity contribution is 6.07. The maximum atomic E-state index is 11.8. The second-order valence-corrected chi connectivity index (χ2v) is 3.61. The lowest BCUT2D eigenvalue weighted by Crippen LogP contribution is -2.16. The third kappa shape index (κ3) is 2.19. The van der Waals surface area contributed by atoms with Crippen molar-refractivity contribution in [1.29, 1.82) is 0 Å². The number of carboxylic acid groups (broad SMARTS) is 1. The zero-order chi connectivity index (χ0) is 13.1. The third-order valence-electron chi connectivity index (χ3n) is 2.39. The van der Waals surface area contributed by atoms with Crippen LogP contribution in [0.2, 0.25) is 0 Å². The molecule has 2 aromatic rings. The van der Waals surface area contributed by atoms with Crippen LogP contribution in [0, 0.1) is 6.92 Å². The average molecular weight is 246 g/mol. The molecule has 1 aromatic carbocycles. The molecule has 1 amide bonds. The molecule has 0 unspecified atom stereocenters. The molecular formula is C11H10N4O3. The molecule has 0 saturated carbocycles. The highest BCUT2D eigenvalue weighted by Gasteiger charge is 2.16. The van der Waals surface area contributed by atoms with Crippen LogP contribution < -0.4 is 5.32 Å². The Morgan fingerprint density at radius 1 is 1.39 bits per heavy atom. The van der Waals surface area contributed by atoms with Crippen molar-refractivity contribution in [1.82, 2.24) is 15.4 Å². The van der Waals surface area contributed by atoms with Gasteiger partial charge in [0.15, 0.2) is 5.69 Å². The number of amides is 1. The molecule has 0 aliphatic carbocycles. The van der Waals surface area contributed by atoms with Crippen LogP contribution in [0.3, 0.4) is 0 Å². The van der Waals surface area contributed by atoms with E-state index in [1.165, 1.54) is 12.3 Å². The number of nitrogens with zero attached hydrogens (tertiary/aromatic N) is 2. The first-order chi connectivity index (χ1) is 8.59. The average Bonchev–Trinajstić information content (AvgIpc) is 2.85. The Kier molecular flexibility index (Phi) is 3.05. The number of aromatic carboxylic acids is 1. The number of aromatic amines is 1. The van der Waals surface area contributed by atoms with Crippen LogP contribution in [0.25, 0.3) is 0 Å². The Labute approximate surface area is 102 Å². The maximum absolute atomic E-state index is 11.8. The first-order valence-electron chi connectivity index (χ1n) is 5.09. The van der Waals surface area contributed by atoms with E-state index in [1.807, 2.05) is 0 Å². The number of carboxylic acids is 1. The largest absolute Gasteiger partial charge is 0.478 e. The van der Waals surface area contributed by atoms with E-state index >= 15 is 0 Å². The SMILES string of the molecule is Cc1cccc(C(=O)O)c1NC(=O)c1cn[nH]n1. The molecule has 7 nitrogen and oxygen atoms in total. The number of anilines is 1. The molecule has 2 rings (SSSR count). The van der Waals surface area contributed by atoms with Crippen molar-refractivity contribution in [2.24, 2.45) is 0 Å². The Morgan fingerprint density at radius 2 is 2.17 bits per heavy atom. The van der Waals surface area contributed by atoms with Gasteiger partial charge in [-0.1, -0.05) is 12.1 Å². The molecule has 0 fully saturated rings. The van der Waals surface area contributed by atoms with Crippen molar-refractivity contribution in [3.05, 3.63) is 41.2 Å². The van der Waals surface area contributed by atoms with Gasteiger partial charge in [0, 0.05) is 0 Å². The number of carbonyl (C=O) groups is 2. The highest BCUT2D eigenvalue weighted by Crippen LogP contribution is 2.21. The molecule has 18 heavy (non-hydrogen) atoms. The number of hydrogen-bond donors (Lipinski definition) is 3. The lowest BCUT2D eigenvalue weighted by Gasteiger charge is -2.10. The van der Waals surface area contributed by atoms with E-state index in [0.29, 0.717) is 5.56 Å². The molecule has 0 atom stereocenters. The fraction of sp³-hybridized carbons (Fsp3) is 0.0909. The van der Waals surface area contributed by atoms with E-state index in [4.69, 9.17) is 5.11 Å². The first kappa shape index (κ1) is 11.8. The summed E-state index contributed by atoms with van der Waals surface area (Å²) in [5, 5.41) is 21.0. The lowest BCUT2D eigenvalue weighted by molar-refractivity contribution is 0.0698. The molecule has 0 saturated heterocycles. The molecule has 0 aliphatic heterocycles. The van der Waals surface area contributed by atoms with Crippen LogP contribution in [-0.2, 0) is 0 Å². The number of carbonyl (C=O) groups excluding carboxylic acids is 1.